The van der Waals surface area contributed by atoms with E-state index in [1.807, 2.05) is 0 Å². The zero-order chi connectivity index (χ0) is 8.10. The summed E-state index contributed by atoms with van der Waals surface area (Å²) in [6.45, 7) is 4.31. The standard InChI is InChI=1S/C9H19NO/c1-3-5-9-6-4-7-10(9)8-11-2/h9H,3-8H2,1-2H3. The van der Waals surface area contributed by atoms with Crippen molar-refractivity contribution in [1.29, 1.82) is 0 Å². The van der Waals surface area contributed by atoms with Crippen molar-refractivity contribution in [2.24, 2.45) is 0 Å². The molecule has 0 bridgehead atoms. The molecule has 0 spiro atoms. The van der Waals surface area contributed by atoms with E-state index >= 15 is 0 Å². The van der Waals surface area contributed by atoms with Crippen LogP contribution in [0.15, 0.2) is 0 Å². The lowest BCUT2D eigenvalue weighted by atomic mass is 10.1. The highest BCUT2D eigenvalue weighted by atomic mass is 16.5. The third-order valence-corrected chi connectivity index (χ3v) is 2.42. The highest BCUT2D eigenvalue weighted by Gasteiger charge is 2.22. The Hall–Kier alpha value is -0.0800. The minimum atomic E-state index is 0.806. The van der Waals surface area contributed by atoms with Gasteiger partial charge in [-0.3, -0.25) is 4.90 Å². The Kier molecular flexibility index (Phi) is 3.87. The van der Waals surface area contributed by atoms with E-state index in [-0.39, 0.29) is 0 Å². The van der Waals surface area contributed by atoms with Gasteiger partial charge in [-0.2, -0.15) is 0 Å². The first kappa shape index (κ1) is 9.01. The van der Waals surface area contributed by atoms with Crippen molar-refractivity contribution >= 4 is 0 Å². The van der Waals surface area contributed by atoms with Crippen LogP contribution < -0.4 is 0 Å². The van der Waals surface area contributed by atoms with E-state index in [0.717, 1.165) is 12.8 Å². The molecule has 1 aliphatic rings. The summed E-state index contributed by atoms with van der Waals surface area (Å²) in [4.78, 5) is 2.45. The average molecular weight is 157 g/mol. The van der Waals surface area contributed by atoms with Crippen molar-refractivity contribution < 1.29 is 4.74 Å². The fourth-order valence-corrected chi connectivity index (χ4v) is 1.89. The molecule has 1 saturated heterocycles. The van der Waals surface area contributed by atoms with Gasteiger partial charge in [-0.15, -0.1) is 0 Å². The molecule has 0 N–H and O–H groups in total. The Labute approximate surface area is 69.5 Å². The summed E-state index contributed by atoms with van der Waals surface area (Å²) < 4.78 is 5.13. The molecule has 1 rings (SSSR count). The molecule has 1 aliphatic heterocycles. The summed E-state index contributed by atoms with van der Waals surface area (Å²) >= 11 is 0. The third kappa shape index (κ3) is 2.46. The molecule has 0 radical (unpaired) electrons. The van der Waals surface area contributed by atoms with Crippen LogP contribution in [0.25, 0.3) is 0 Å². The molecule has 0 saturated carbocycles. The predicted molar refractivity (Wildman–Crippen MR) is 46.5 cm³/mol. The molecule has 0 aromatic heterocycles. The van der Waals surface area contributed by atoms with E-state index in [4.69, 9.17) is 4.74 Å². The van der Waals surface area contributed by atoms with Crippen molar-refractivity contribution in [3.8, 4) is 0 Å². The number of rotatable bonds is 4. The first-order chi connectivity index (χ1) is 5.38. The third-order valence-electron chi connectivity index (χ3n) is 2.42. The maximum atomic E-state index is 5.13. The van der Waals surface area contributed by atoms with Crippen molar-refractivity contribution in [2.75, 3.05) is 20.4 Å². The van der Waals surface area contributed by atoms with Crippen LogP contribution in [0.3, 0.4) is 0 Å². The molecule has 0 aromatic rings. The Morgan fingerprint density at radius 1 is 1.55 bits per heavy atom. The largest absolute Gasteiger partial charge is 0.369 e. The fourth-order valence-electron chi connectivity index (χ4n) is 1.89. The van der Waals surface area contributed by atoms with Gasteiger partial charge < -0.3 is 4.74 Å². The smallest absolute Gasteiger partial charge is 0.0988 e. The van der Waals surface area contributed by atoms with Crippen LogP contribution >= 0.6 is 0 Å². The number of methoxy groups -OCH3 is 1. The van der Waals surface area contributed by atoms with Gasteiger partial charge in [0, 0.05) is 19.7 Å². The molecule has 11 heavy (non-hydrogen) atoms. The van der Waals surface area contributed by atoms with E-state index in [1.54, 1.807) is 7.11 Å². The molecule has 66 valence electrons. The van der Waals surface area contributed by atoms with Crippen LogP contribution in [0.5, 0.6) is 0 Å². The second-order valence-corrected chi connectivity index (χ2v) is 3.31. The summed E-state index contributed by atoms with van der Waals surface area (Å²) in [5.41, 5.74) is 0. The van der Waals surface area contributed by atoms with Crippen LogP contribution in [0, 0.1) is 0 Å². The monoisotopic (exact) mass is 157 g/mol. The number of likely N-dealkylation sites (tertiary alicyclic amines) is 1. The van der Waals surface area contributed by atoms with Crippen LogP contribution in [-0.2, 0) is 4.74 Å². The van der Waals surface area contributed by atoms with Gasteiger partial charge in [-0.25, -0.2) is 0 Å². The second kappa shape index (κ2) is 4.73. The van der Waals surface area contributed by atoms with Crippen LogP contribution in [0.2, 0.25) is 0 Å². The van der Waals surface area contributed by atoms with Gasteiger partial charge in [0.15, 0.2) is 0 Å². The highest BCUT2D eigenvalue weighted by Crippen LogP contribution is 2.20. The predicted octanol–water partition coefficient (Wildman–Crippen LogP) is 1.85. The molecule has 2 nitrogen and oxygen atoms in total. The number of nitrogens with zero attached hydrogens (tertiary/aromatic N) is 1. The fraction of sp³-hybridized carbons (Fsp3) is 1.00. The van der Waals surface area contributed by atoms with Crippen molar-refractivity contribution in [1.82, 2.24) is 4.90 Å². The lowest BCUT2D eigenvalue weighted by molar-refractivity contribution is 0.0524. The number of hydrogen-bond acceptors (Lipinski definition) is 2. The van der Waals surface area contributed by atoms with Gasteiger partial charge in [-0.1, -0.05) is 13.3 Å². The molecule has 2 heteroatoms. The molecular formula is C9H19NO. The summed E-state index contributed by atoms with van der Waals surface area (Å²) in [7, 11) is 1.78. The Balaban J connectivity index is 2.25. The van der Waals surface area contributed by atoms with Gasteiger partial charge in [0.1, 0.15) is 0 Å². The first-order valence-electron chi connectivity index (χ1n) is 4.61. The van der Waals surface area contributed by atoms with Crippen molar-refractivity contribution in [3.63, 3.8) is 0 Å². The van der Waals surface area contributed by atoms with E-state index in [1.165, 1.54) is 32.2 Å². The van der Waals surface area contributed by atoms with Gasteiger partial charge >= 0.3 is 0 Å². The van der Waals surface area contributed by atoms with Crippen molar-refractivity contribution in [2.45, 2.75) is 38.6 Å². The molecule has 1 fully saturated rings. The zero-order valence-electron chi connectivity index (χ0n) is 7.68. The minimum absolute atomic E-state index is 0.806. The summed E-state index contributed by atoms with van der Waals surface area (Å²) in [5.74, 6) is 0. The van der Waals surface area contributed by atoms with E-state index in [0.29, 0.717) is 0 Å². The molecule has 1 atom stereocenters. The molecule has 1 heterocycles. The lowest BCUT2D eigenvalue weighted by Gasteiger charge is -2.22. The second-order valence-electron chi connectivity index (χ2n) is 3.31. The maximum Gasteiger partial charge on any atom is 0.0988 e. The summed E-state index contributed by atoms with van der Waals surface area (Å²) in [5, 5.41) is 0. The SMILES string of the molecule is CCCC1CCCN1COC. The molecule has 0 aromatic carbocycles. The number of ether oxygens (including phenoxy) is 1. The van der Waals surface area contributed by atoms with Gasteiger partial charge in [0.05, 0.1) is 6.73 Å². The van der Waals surface area contributed by atoms with Crippen LogP contribution in [0.1, 0.15) is 32.6 Å². The molecule has 0 amide bonds. The zero-order valence-corrected chi connectivity index (χ0v) is 7.68. The highest BCUT2D eigenvalue weighted by molar-refractivity contribution is 4.76. The van der Waals surface area contributed by atoms with Crippen LogP contribution in [-0.4, -0.2) is 31.3 Å². The molecule has 1 unspecified atom stereocenters. The molecular weight excluding hydrogens is 138 g/mol. The molecule has 0 aliphatic carbocycles. The average Bonchev–Trinajstić information content (AvgIpc) is 2.39. The number of hydrogen-bond donors (Lipinski definition) is 0. The van der Waals surface area contributed by atoms with Gasteiger partial charge in [0.2, 0.25) is 0 Å². The Morgan fingerprint density at radius 2 is 2.36 bits per heavy atom. The quantitative estimate of drug-likeness (QED) is 0.617. The first-order valence-corrected chi connectivity index (χ1v) is 4.61. The van der Waals surface area contributed by atoms with Gasteiger partial charge in [0.25, 0.3) is 0 Å². The summed E-state index contributed by atoms with van der Waals surface area (Å²) in [6.07, 6.45) is 5.36. The van der Waals surface area contributed by atoms with Crippen molar-refractivity contribution in [3.05, 3.63) is 0 Å². The topological polar surface area (TPSA) is 12.5 Å². The van der Waals surface area contributed by atoms with E-state index in [9.17, 15) is 0 Å². The Bertz CT molecular complexity index is 93.7. The lowest BCUT2D eigenvalue weighted by Crippen LogP contribution is -2.30. The maximum absolute atomic E-state index is 5.13. The minimum Gasteiger partial charge on any atom is -0.369 e. The Morgan fingerprint density at radius 3 is 3.00 bits per heavy atom. The van der Waals surface area contributed by atoms with Gasteiger partial charge in [-0.05, 0) is 19.3 Å². The summed E-state index contributed by atoms with van der Waals surface area (Å²) in [6, 6.07) is 0.806. The van der Waals surface area contributed by atoms with E-state index < -0.39 is 0 Å². The normalized spacial score (nSPS) is 26.2. The van der Waals surface area contributed by atoms with Crippen LogP contribution in [0.4, 0.5) is 0 Å². The van der Waals surface area contributed by atoms with E-state index in [2.05, 4.69) is 11.8 Å².